The molecule has 0 fully saturated rings. The van der Waals surface area contributed by atoms with Crippen LogP contribution in [-0.2, 0) is 11.2 Å². The highest BCUT2D eigenvalue weighted by atomic mass is 32.2. The molecular formula is C19H17FN4OS. The number of amides is 1. The van der Waals surface area contributed by atoms with Crippen molar-refractivity contribution < 1.29 is 9.18 Å². The van der Waals surface area contributed by atoms with Gasteiger partial charge in [-0.2, -0.15) is 0 Å². The molecule has 2 aromatic carbocycles. The largest absolute Gasteiger partial charge is 0.308 e. The minimum absolute atomic E-state index is 0.00975. The zero-order valence-electron chi connectivity index (χ0n) is 14.2. The third-order valence-corrected chi connectivity index (χ3v) is 5.36. The molecule has 0 N–H and O–H groups in total. The smallest absolute Gasteiger partial charge is 0.237 e. The predicted molar refractivity (Wildman–Crippen MR) is 99.1 cm³/mol. The van der Waals surface area contributed by atoms with Gasteiger partial charge in [0.15, 0.2) is 5.16 Å². The number of thioether (sulfide) groups is 1. The molecule has 26 heavy (non-hydrogen) atoms. The van der Waals surface area contributed by atoms with Crippen molar-refractivity contribution in [3.8, 4) is 5.69 Å². The van der Waals surface area contributed by atoms with Crippen molar-refractivity contribution in [1.82, 2.24) is 14.8 Å². The average molecular weight is 368 g/mol. The van der Waals surface area contributed by atoms with E-state index in [1.165, 1.54) is 29.7 Å². The van der Waals surface area contributed by atoms with Crippen LogP contribution in [0.1, 0.15) is 12.5 Å². The molecule has 1 aromatic heterocycles. The molecule has 4 rings (SSSR count). The number of nitrogens with zero attached hydrogens (tertiary/aromatic N) is 4. The normalized spacial score (nSPS) is 15.9. The van der Waals surface area contributed by atoms with E-state index in [9.17, 15) is 9.18 Å². The number of hydrogen-bond acceptors (Lipinski definition) is 4. The monoisotopic (exact) mass is 368 g/mol. The molecule has 0 saturated carbocycles. The molecular weight excluding hydrogens is 351 g/mol. The van der Waals surface area contributed by atoms with E-state index in [2.05, 4.69) is 16.3 Å². The van der Waals surface area contributed by atoms with Crippen LogP contribution in [0.25, 0.3) is 5.69 Å². The van der Waals surface area contributed by atoms with Crippen molar-refractivity contribution in [1.29, 1.82) is 0 Å². The fourth-order valence-corrected chi connectivity index (χ4v) is 4.06. The van der Waals surface area contributed by atoms with Crippen LogP contribution < -0.4 is 4.90 Å². The van der Waals surface area contributed by atoms with Gasteiger partial charge in [-0.1, -0.05) is 42.1 Å². The van der Waals surface area contributed by atoms with Gasteiger partial charge in [0.2, 0.25) is 5.91 Å². The Balaban J connectivity index is 1.52. The highest BCUT2D eigenvalue weighted by Crippen LogP contribution is 2.33. The Morgan fingerprint density at radius 2 is 1.92 bits per heavy atom. The summed E-state index contributed by atoms with van der Waals surface area (Å²) < 4.78 is 15.6. The van der Waals surface area contributed by atoms with Gasteiger partial charge in [0, 0.05) is 11.7 Å². The van der Waals surface area contributed by atoms with Gasteiger partial charge in [-0.25, -0.2) is 4.39 Å². The lowest BCUT2D eigenvalue weighted by Gasteiger charge is -2.22. The standard InChI is InChI=1S/C19H17FN4OS/c1-13-10-14-6-2-4-8-16(14)24(13)18(25)11-26-19-22-21-12-23(19)17-9-5-3-7-15(17)20/h2-9,12-13H,10-11H2,1H3/t13-/m0/s1. The third kappa shape index (κ3) is 2.99. The highest BCUT2D eigenvalue weighted by Gasteiger charge is 2.30. The molecule has 3 aromatic rings. The number of rotatable bonds is 4. The molecule has 0 unspecified atom stereocenters. The molecule has 5 nitrogen and oxygen atoms in total. The quantitative estimate of drug-likeness (QED) is 0.662. The summed E-state index contributed by atoms with van der Waals surface area (Å²) in [5.41, 5.74) is 2.53. The summed E-state index contributed by atoms with van der Waals surface area (Å²) >= 11 is 1.26. The summed E-state index contributed by atoms with van der Waals surface area (Å²) in [6.45, 7) is 2.05. The first kappa shape index (κ1) is 16.8. The van der Waals surface area contributed by atoms with Gasteiger partial charge in [0.1, 0.15) is 12.1 Å². The number of aromatic nitrogens is 3. The van der Waals surface area contributed by atoms with Crippen LogP contribution in [0.4, 0.5) is 10.1 Å². The summed E-state index contributed by atoms with van der Waals surface area (Å²) in [5, 5.41) is 8.39. The Kier molecular flexibility index (Phi) is 4.46. The Labute approximate surface area is 154 Å². The summed E-state index contributed by atoms with van der Waals surface area (Å²) in [7, 11) is 0. The number of para-hydroxylation sites is 2. The molecule has 0 bridgehead atoms. The number of carbonyl (C=O) groups is 1. The number of fused-ring (bicyclic) bond motifs is 1. The second-order valence-corrected chi connectivity index (χ2v) is 7.11. The fraction of sp³-hybridized carbons (Fsp3) is 0.211. The number of benzene rings is 2. The van der Waals surface area contributed by atoms with E-state index in [0.717, 1.165) is 12.1 Å². The van der Waals surface area contributed by atoms with E-state index in [0.29, 0.717) is 10.8 Å². The van der Waals surface area contributed by atoms with E-state index in [-0.39, 0.29) is 23.5 Å². The van der Waals surface area contributed by atoms with E-state index in [4.69, 9.17) is 0 Å². The highest BCUT2D eigenvalue weighted by molar-refractivity contribution is 7.99. The van der Waals surface area contributed by atoms with Crippen molar-refractivity contribution in [2.45, 2.75) is 24.5 Å². The van der Waals surface area contributed by atoms with Gasteiger partial charge >= 0.3 is 0 Å². The molecule has 1 atom stereocenters. The molecule has 7 heteroatoms. The van der Waals surface area contributed by atoms with Crippen molar-refractivity contribution >= 4 is 23.4 Å². The summed E-state index contributed by atoms with van der Waals surface area (Å²) in [4.78, 5) is 14.6. The van der Waals surface area contributed by atoms with Crippen LogP contribution in [0.3, 0.4) is 0 Å². The first-order chi connectivity index (χ1) is 12.6. The molecule has 1 aliphatic rings. The van der Waals surface area contributed by atoms with Gasteiger partial charge in [-0.15, -0.1) is 10.2 Å². The lowest BCUT2D eigenvalue weighted by molar-refractivity contribution is -0.116. The lowest BCUT2D eigenvalue weighted by atomic mass is 10.1. The van der Waals surface area contributed by atoms with Crippen molar-refractivity contribution in [3.63, 3.8) is 0 Å². The van der Waals surface area contributed by atoms with Gasteiger partial charge in [0.25, 0.3) is 0 Å². The Hall–Kier alpha value is -2.67. The van der Waals surface area contributed by atoms with Crippen LogP contribution >= 0.6 is 11.8 Å². The summed E-state index contributed by atoms with van der Waals surface area (Å²) in [5.74, 6) is -0.135. The second-order valence-electron chi connectivity index (χ2n) is 6.17. The summed E-state index contributed by atoms with van der Waals surface area (Å²) in [6, 6.07) is 14.5. The van der Waals surface area contributed by atoms with Gasteiger partial charge in [-0.3, -0.25) is 9.36 Å². The zero-order chi connectivity index (χ0) is 18.1. The SMILES string of the molecule is C[C@H]1Cc2ccccc2N1C(=O)CSc1nncn1-c1ccccc1F. The molecule has 0 spiro atoms. The number of halogens is 1. The van der Waals surface area contributed by atoms with E-state index in [1.54, 1.807) is 22.8 Å². The Bertz CT molecular complexity index is 958. The maximum atomic E-state index is 14.0. The minimum atomic E-state index is -0.359. The second kappa shape index (κ2) is 6.92. The van der Waals surface area contributed by atoms with Crippen LogP contribution in [0.15, 0.2) is 60.0 Å². The zero-order valence-corrected chi connectivity index (χ0v) is 15.0. The number of anilines is 1. The minimum Gasteiger partial charge on any atom is -0.308 e. The van der Waals surface area contributed by atoms with Crippen molar-refractivity contribution in [3.05, 3.63) is 66.2 Å². The third-order valence-electron chi connectivity index (χ3n) is 4.43. The van der Waals surface area contributed by atoms with E-state index >= 15 is 0 Å². The van der Waals surface area contributed by atoms with Crippen LogP contribution in [0, 0.1) is 5.82 Å². The number of carbonyl (C=O) groups excluding carboxylic acids is 1. The molecule has 0 radical (unpaired) electrons. The van der Waals surface area contributed by atoms with E-state index < -0.39 is 0 Å². The topological polar surface area (TPSA) is 51.0 Å². The van der Waals surface area contributed by atoms with Gasteiger partial charge < -0.3 is 4.90 Å². The first-order valence-electron chi connectivity index (χ1n) is 8.33. The van der Waals surface area contributed by atoms with Crippen molar-refractivity contribution in [2.75, 3.05) is 10.7 Å². The Morgan fingerprint density at radius 1 is 1.19 bits per heavy atom. The van der Waals surface area contributed by atoms with Crippen LogP contribution in [0.2, 0.25) is 0 Å². The molecule has 0 aliphatic carbocycles. The lowest BCUT2D eigenvalue weighted by Crippen LogP contribution is -2.37. The van der Waals surface area contributed by atoms with Crippen molar-refractivity contribution in [2.24, 2.45) is 0 Å². The molecule has 132 valence electrons. The Morgan fingerprint density at radius 3 is 2.73 bits per heavy atom. The van der Waals surface area contributed by atoms with Gasteiger partial charge in [-0.05, 0) is 37.1 Å². The molecule has 0 saturated heterocycles. The van der Waals surface area contributed by atoms with Crippen LogP contribution in [0.5, 0.6) is 0 Å². The first-order valence-corrected chi connectivity index (χ1v) is 9.31. The molecule has 1 aliphatic heterocycles. The molecule has 1 amide bonds. The summed E-state index contributed by atoms with van der Waals surface area (Å²) in [6.07, 6.45) is 2.32. The average Bonchev–Trinajstić information content (AvgIpc) is 3.23. The fourth-order valence-electron chi connectivity index (χ4n) is 3.28. The molecule has 2 heterocycles. The van der Waals surface area contributed by atoms with Crippen LogP contribution in [-0.4, -0.2) is 32.5 Å². The van der Waals surface area contributed by atoms with Gasteiger partial charge in [0.05, 0.1) is 11.4 Å². The maximum Gasteiger partial charge on any atom is 0.237 e. The predicted octanol–water partition coefficient (Wildman–Crippen LogP) is 3.48. The van der Waals surface area contributed by atoms with E-state index in [1.807, 2.05) is 30.0 Å². The number of hydrogen-bond donors (Lipinski definition) is 0. The maximum absolute atomic E-state index is 14.0.